The first kappa shape index (κ1) is 14.8. The van der Waals surface area contributed by atoms with Crippen molar-refractivity contribution in [2.45, 2.75) is 44.9 Å². The fraction of sp³-hybridized carbons (Fsp3) is 0.304. The average Bonchev–Trinajstić information content (AvgIpc) is 3.21. The summed E-state index contributed by atoms with van der Waals surface area (Å²) in [6, 6.07) is 15.3. The number of rotatable bonds is 1. The first-order chi connectivity index (χ1) is 12.2. The second-order valence-corrected chi connectivity index (χ2v) is 7.57. The Hall–Kier alpha value is -2.48. The van der Waals surface area contributed by atoms with Crippen LogP contribution in [-0.4, -0.2) is 9.97 Å². The van der Waals surface area contributed by atoms with Crippen molar-refractivity contribution in [3.8, 4) is 22.4 Å². The molecule has 1 spiro atoms. The minimum absolute atomic E-state index is 0.143. The molecule has 0 radical (unpaired) electrons. The third kappa shape index (κ3) is 2.03. The highest BCUT2D eigenvalue weighted by Gasteiger charge is 2.46. The van der Waals surface area contributed by atoms with Gasteiger partial charge in [-0.15, -0.1) is 0 Å². The van der Waals surface area contributed by atoms with Crippen LogP contribution in [0.5, 0.6) is 0 Å². The Balaban J connectivity index is 1.80. The summed E-state index contributed by atoms with van der Waals surface area (Å²) < 4.78 is 0. The highest BCUT2D eigenvalue weighted by Crippen LogP contribution is 2.56. The van der Waals surface area contributed by atoms with Gasteiger partial charge in [0, 0.05) is 28.4 Å². The molecule has 0 unspecified atom stereocenters. The van der Waals surface area contributed by atoms with Gasteiger partial charge in [-0.2, -0.15) is 0 Å². The predicted octanol–water partition coefficient (Wildman–Crippen LogP) is 5.60. The number of nitrogens with zero attached hydrogens (tertiary/aromatic N) is 2. The van der Waals surface area contributed by atoms with Crippen molar-refractivity contribution in [2.75, 3.05) is 0 Å². The molecule has 3 aromatic rings. The van der Waals surface area contributed by atoms with Crippen molar-refractivity contribution >= 4 is 0 Å². The smallest absolute Gasteiger partial charge is 0.0704 e. The molecule has 1 fully saturated rings. The van der Waals surface area contributed by atoms with E-state index < -0.39 is 0 Å². The lowest BCUT2D eigenvalue weighted by Crippen LogP contribution is -2.22. The molecule has 0 bridgehead atoms. The summed E-state index contributed by atoms with van der Waals surface area (Å²) in [7, 11) is 0. The van der Waals surface area contributed by atoms with E-state index in [-0.39, 0.29) is 5.41 Å². The Labute approximate surface area is 149 Å². The fourth-order valence-electron chi connectivity index (χ4n) is 4.88. The lowest BCUT2D eigenvalue weighted by atomic mass is 9.78. The van der Waals surface area contributed by atoms with E-state index in [0.29, 0.717) is 0 Å². The lowest BCUT2D eigenvalue weighted by molar-refractivity contribution is 0.532. The molecule has 0 N–H and O–H groups in total. The number of hydrogen-bond acceptors (Lipinski definition) is 2. The minimum atomic E-state index is 0.143. The standard InChI is InChI=1S/C23H22N2/c1-15-13-20-19(14-18(15)21-7-3-6-12-24-21)17-9-8-16(2)25-22(17)23(20)10-4-5-11-23/h3,6-9,12-14H,4-5,10-11H2,1-2H3. The van der Waals surface area contributed by atoms with Gasteiger partial charge in [-0.1, -0.05) is 31.0 Å². The zero-order chi connectivity index (χ0) is 17.0. The number of pyridine rings is 2. The van der Waals surface area contributed by atoms with Crippen LogP contribution in [0.2, 0.25) is 0 Å². The number of aromatic nitrogens is 2. The maximum Gasteiger partial charge on any atom is 0.0704 e. The summed E-state index contributed by atoms with van der Waals surface area (Å²) in [5.74, 6) is 0. The van der Waals surface area contributed by atoms with Gasteiger partial charge in [-0.3, -0.25) is 9.97 Å². The highest BCUT2D eigenvalue weighted by atomic mass is 14.8. The molecule has 2 nitrogen and oxygen atoms in total. The van der Waals surface area contributed by atoms with Crippen LogP contribution in [0.25, 0.3) is 22.4 Å². The quantitative estimate of drug-likeness (QED) is 0.581. The third-order valence-corrected chi connectivity index (χ3v) is 6.06. The molecule has 2 heterocycles. The van der Waals surface area contributed by atoms with E-state index in [1.54, 1.807) is 0 Å². The van der Waals surface area contributed by atoms with Crippen LogP contribution in [0.3, 0.4) is 0 Å². The van der Waals surface area contributed by atoms with Gasteiger partial charge < -0.3 is 0 Å². The number of benzene rings is 1. The lowest BCUT2D eigenvalue weighted by Gasteiger charge is -2.26. The van der Waals surface area contributed by atoms with Gasteiger partial charge in [-0.25, -0.2) is 0 Å². The van der Waals surface area contributed by atoms with Crippen LogP contribution in [0, 0.1) is 13.8 Å². The van der Waals surface area contributed by atoms with Gasteiger partial charge in [0.25, 0.3) is 0 Å². The van der Waals surface area contributed by atoms with Gasteiger partial charge in [0.2, 0.25) is 0 Å². The minimum Gasteiger partial charge on any atom is -0.257 e. The monoisotopic (exact) mass is 326 g/mol. The summed E-state index contributed by atoms with van der Waals surface area (Å²) in [6.45, 7) is 4.32. The molecule has 124 valence electrons. The van der Waals surface area contributed by atoms with Crippen LogP contribution >= 0.6 is 0 Å². The first-order valence-electron chi connectivity index (χ1n) is 9.24. The number of aryl methyl sites for hydroxylation is 2. The van der Waals surface area contributed by atoms with Crippen molar-refractivity contribution in [3.63, 3.8) is 0 Å². The van der Waals surface area contributed by atoms with Gasteiger partial charge in [0.05, 0.1) is 11.4 Å². The summed E-state index contributed by atoms with van der Waals surface area (Å²) >= 11 is 0. The summed E-state index contributed by atoms with van der Waals surface area (Å²) in [6.07, 6.45) is 6.93. The van der Waals surface area contributed by atoms with Crippen LogP contribution in [0.4, 0.5) is 0 Å². The molecule has 2 aromatic heterocycles. The zero-order valence-electron chi connectivity index (χ0n) is 14.8. The van der Waals surface area contributed by atoms with E-state index in [9.17, 15) is 0 Å². The predicted molar refractivity (Wildman–Crippen MR) is 102 cm³/mol. The fourth-order valence-corrected chi connectivity index (χ4v) is 4.88. The highest BCUT2D eigenvalue weighted by molar-refractivity contribution is 5.84. The van der Waals surface area contributed by atoms with Crippen molar-refractivity contribution in [3.05, 3.63) is 71.2 Å². The van der Waals surface area contributed by atoms with Gasteiger partial charge in [0.15, 0.2) is 0 Å². The second-order valence-electron chi connectivity index (χ2n) is 7.57. The summed E-state index contributed by atoms with van der Waals surface area (Å²) in [5, 5.41) is 0. The molecule has 1 saturated carbocycles. The molecule has 0 atom stereocenters. The maximum absolute atomic E-state index is 5.02. The average molecular weight is 326 g/mol. The Bertz CT molecular complexity index is 967. The van der Waals surface area contributed by atoms with Gasteiger partial charge in [-0.05, 0) is 67.6 Å². The molecule has 2 heteroatoms. The van der Waals surface area contributed by atoms with Crippen molar-refractivity contribution in [1.82, 2.24) is 9.97 Å². The molecule has 25 heavy (non-hydrogen) atoms. The molecular weight excluding hydrogens is 304 g/mol. The van der Waals surface area contributed by atoms with Crippen LogP contribution in [0.15, 0.2) is 48.7 Å². The SMILES string of the molecule is Cc1ccc2c(n1)C1(CCCC1)c1cc(C)c(-c3ccccn3)cc1-2. The number of hydrogen-bond donors (Lipinski definition) is 0. The Kier molecular flexibility index (Phi) is 3.12. The molecule has 5 rings (SSSR count). The van der Waals surface area contributed by atoms with E-state index in [1.165, 1.54) is 59.2 Å². The van der Waals surface area contributed by atoms with Crippen LogP contribution < -0.4 is 0 Å². The van der Waals surface area contributed by atoms with E-state index in [1.807, 2.05) is 12.3 Å². The largest absolute Gasteiger partial charge is 0.257 e. The molecule has 0 saturated heterocycles. The third-order valence-electron chi connectivity index (χ3n) is 6.06. The summed E-state index contributed by atoms with van der Waals surface area (Å²) in [5.41, 5.74) is 10.4. The van der Waals surface area contributed by atoms with Crippen LogP contribution in [0.1, 0.15) is 48.2 Å². The normalized spacial score (nSPS) is 16.9. The molecule has 2 aliphatic carbocycles. The molecule has 0 aliphatic heterocycles. The zero-order valence-corrected chi connectivity index (χ0v) is 14.8. The maximum atomic E-state index is 5.02. The van der Waals surface area contributed by atoms with Gasteiger partial charge in [0.1, 0.15) is 0 Å². The van der Waals surface area contributed by atoms with Crippen molar-refractivity contribution in [1.29, 1.82) is 0 Å². The summed E-state index contributed by atoms with van der Waals surface area (Å²) in [4.78, 5) is 9.60. The van der Waals surface area contributed by atoms with E-state index in [0.717, 1.165) is 11.4 Å². The Morgan fingerprint density at radius 2 is 1.72 bits per heavy atom. The topological polar surface area (TPSA) is 25.8 Å². The Morgan fingerprint density at radius 1 is 0.880 bits per heavy atom. The van der Waals surface area contributed by atoms with Gasteiger partial charge >= 0.3 is 0 Å². The van der Waals surface area contributed by atoms with Crippen molar-refractivity contribution in [2.24, 2.45) is 0 Å². The van der Waals surface area contributed by atoms with E-state index in [4.69, 9.17) is 4.98 Å². The van der Waals surface area contributed by atoms with E-state index in [2.05, 4.69) is 55.2 Å². The first-order valence-corrected chi connectivity index (χ1v) is 9.24. The molecule has 0 amide bonds. The molecule has 1 aromatic carbocycles. The van der Waals surface area contributed by atoms with E-state index >= 15 is 0 Å². The molecular formula is C23H22N2. The molecule has 2 aliphatic rings. The second kappa shape index (κ2) is 5.26. The Morgan fingerprint density at radius 3 is 2.48 bits per heavy atom. The van der Waals surface area contributed by atoms with Crippen molar-refractivity contribution < 1.29 is 0 Å². The van der Waals surface area contributed by atoms with Crippen LogP contribution in [-0.2, 0) is 5.41 Å². The number of fused-ring (bicyclic) bond motifs is 5.